The summed E-state index contributed by atoms with van der Waals surface area (Å²) in [5, 5.41) is 7.63. The van der Waals surface area contributed by atoms with Crippen molar-refractivity contribution in [3.05, 3.63) is 41.5 Å². The van der Waals surface area contributed by atoms with Crippen LogP contribution in [0.15, 0.2) is 29.3 Å². The maximum Gasteiger partial charge on any atom is 0.178 e. The molecule has 0 spiro atoms. The van der Waals surface area contributed by atoms with Crippen LogP contribution in [-0.4, -0.2) is 24.5 Å². The lowest BCUT2D eigenvalue weighted by Crippen LogP contribution is -2.16. The van der Waals surface area contributed by atoms with Crippen LogP contribution in [0.25, 0.3) is 0 Å². The molecule has 0 saturated heterocycles. The summed E-state index contributed by atoms with van der Waals surface area (Å²) in [6, 6.07) is 4.00. The highest BCUT2D eigenvalue weighted by molar-refractivity contribution is 7.90. The van der Waals surface area contributed by atoms with Crippen molar-refractivity contribution >= 4 is 15.5 Å². The second-order valence-electron chi connectivity index (χ2n) is 6.70. The van der Waals surface area contributed by atoms with E-state index >= 15 is 0 Å². The largest absolute Gasteiger partial charge is 0.381 e. The lowest BCUT2D eigenvalue weighted by molar-refractivity contribution is 0.549. The van der Waals surface area contributed by atoms with Crippen LogP contribution in [0.5, 0.6) is 0 Å². The minimum Gasteiger partial charge on any atom is -0.381 e. The molecule has 23 heavy (non-hydrogen) atoms. The van der Waals surface area contributed by atoms with Crippen LogP contribution in [0.2, 0.25) is 0 Å². The smallest absolute Gasteiger partial charge is 0.178 e. The quantitative estimate of drug-likeness (QED) is 0.930. The van der Waals surface area contributed by atoms with E-state index in [-0.39, 0.29) is 10.3 Å². The molecule has 2 aromatic rings. The molecule has 0 radical (unpaired) electrons. The van der Waals surface area contributed by atoms with Gasteiger partial charge in [0.05, 0.1) is 5.69 Å². The normalized spacial score (nSPS) is 12.4. The number of anilines is 1. The molecule has 0 bridgehead atoms. The zero-order valence-electron chi connectivity index (χ0n) is 14.0. The van der Waals surface area contributed by atoms with Crippen molar-refractivity contribution in [2.24, 2.45) is 7.05 Å². The molecule has 1 N–H and O–H groups in total. The van der Waals surface area contributed by atoms with E-state index in [1.807, 2.05) is 13.2 Å². The van der Waals surface area contributed by atoms with E-state index < -0.39 is 15.7 Å². The van der Waals surface area contributed by atoms with Gasteiger partial charge in [0.2, 0.25) is 0 Å². The van der Waals surface area contributed by atoms with Crippen molar-refractivity contribution in [3.8, 4) is 0 Å². The van der Waals surface area contributed by atoms with E-state index in [1.54, 1.807) is 4.68 Å². The van der Waals surface area contributed by atoms with Gasteiger partial charge in [-0.15, -0.1) is 0 Å². The van der Waals surface area contributed by atoms with E-state index in [1.165, 1.54) is 12.1 Å². The highest BCUT2D eigenvalue weighted by Gasteiger charge is 2.22. The first kappa shape index (κ1) is 17.5. The van der Waals surface area contributed by atoms with E-state index in [9.17, 15) is 12.8 Å². The number of hydrogen-bond donors (Lipinski definition) is 1. The lowest BCUT2D eigenvalue weighted by atomic mass is 9.89. The maximum absolute atomic E-state index is 13.6. The van der Waals surface area contributed by atoms with Crippen LogP contribution < -0.4 is 5.32 Å². The summed E-state index contributed by atoms with van der Waals surface area (Å²) < 4.78 is 38.6. The van der Waals surface area contributed by atoms with Crippen LogP contribution >= 0.6 is 0 Å². The summed E-state index contributed by atoms with van der Waals surface area (Å²) >= 11 is 0. The molecule has 1 aromatic carbocycles. The third kappa shape index (κ3) is 4.10. The first-order valence-electron chi connectivity index (χ1n) is 7.25. The third-order valence-corrected chi connectivity index (χ3v) is 4.54. The van der Waals surface area contributed by atoms with Gasteiger partial charge in [0, 0.05) is 42.7 Å². The maximum atomic E-state index is 13.6. The fourth-order valence-electron chi connectivity index (χ4n) is 2.39. The molecule has 126 valence electrons. The number of sulfone groups is 1. The molecular formula is C16H22FN3O2S. The Bertz CT molecular complexity index is 820. The summed E-state index contributed by atoms with van der Waals surface area (Å²) in [4.78, 5) is -0.301. The molecule has 0 aliphatic heterocycles. The molecule has 1 aromatic heterocycles. The van der Waals surface area contributed by atoms with Crippen LogP contribution in [0.3, 0.4) is 0 Å². The zero-order valence-corrected chi connectivity index (χ0v) is 14.8. The molecule has 0 fully saturated rings. The summed E-state index contributed by atoms with van der Waals surface area (Å²) in [5.74, 6) is -0.741. The predicted molar refractivity (Wildman–Crippen MR) is 88.7 cm³/mol. The number of aryl methyl sites for hydroxylation is 1. The summed E-state index contributed by atoms with van der Waals surface area (Å²) in [5.41, 5.74) is 2.44. The summed E-state index contributed by atoms with van der Waals surface area (Å²) in [7, 11) is -1.74. The summed E-state index contributed by atoms with van der Waals surface area (Å²) in [6.07, 6.45) is 2.92. The van der Waals surface area contributed by atoms with Gasteiger partial charge in [-0.2, -0.15) is 5.10 Å². The van der Waals surface area contributed by atoms with Crippen molar-refractivity contribution in [2.75, 3.05) is 11.6 Å². The minimum atomic E-state index is -3.60. The SMILES string of the molecule is Cn1cc(CNc2ccc(F)c(S(C)(=O)=O)c2)c(C(C)(C)C)n1. The average molecular weight is 339 g/mol. The Kier molecular flexibility index (Phi) is 4.52. The van der Waals surface area contributed by atoms with Crippen LogP contribution in [0.1, 0.15) is 32.0 Å². The second kappa shape index (κ2) is 5.96. The number of rotatable bonds is 4. The standard InChI is InChI=1S/C16H22FN3O2S/c1-16(2,3)15-11(10-20(4)19-15)9-18-12-6-7-13(17)14(8-12)23(5,21)22/h6-8,10,18H,9H2,1-5H3. The summed E-state index contributed by atoms with van der Waals surface area (Å²) in [6.45, 7) is 6.73. The number of halogens is 1. The molecule has 5 nitrogen and oxygen atoms in total. The van der Waals surface area contributed by atoms with Crippen LogP contribution in [0, 0.1) is 5.82 Å². The highest BCUT2D eigenvalue weighted by atomic mass is 32.2. The molecule has 0 unspecified atom stereocenters. The predicted octanol–water partition coefficient (Wildman–Crippen LogP) is 2.87. The van der Waals surface area contributed by atoms with Gasteiger partial charge in [-0.25, -0.2) is 12.8 Å². The monoisotopic (exact) mass is 339 g/mol. The van der Waals surface area contributed by atoms with Crippen molar-refractivity contribution in [1.29, 1.82) is 0 Å². The van der Waals surface area contributed by atoms with Crippen LogP contribution in [0.4, 0.5) is 10.1 Å². The van der Waals surface area contributed by atoms with Crippen molar-refractivity contribution < 1.29 is 12.8 Å². The van der Waals surface area contributed by atoms with Gasteiger partial charge in [0.15, 0.2) is 9.84 Å². The first-order valence-corrected chi connectivity index (χ1v) is 9.14. The van der Waals surface area contributed by atoms with Gasteiger partial charge in [0.1, 0.15) is 10.7 Å². The topological polar surface area (TPSA) is 64.0 Å². The molecule has 0 amide bonds. The Balaban J connectivity index is 2.26. The molecule has 0 saturated carbocycles. The van der Waals surface area contributed by atoms with Gasteiger partial charge in [-0.05, 0) is 18.2 Å². The Morgan fingerprint density at radius 3 is 2.52 bits per heavy atom. The Morgan fingerprint density at radius 2 is 1.96 bits per heavy atom. The first-order chi connectivity index (χ1) is 10.5. The fraction of sp³-hybridized carbons (Fsp3) is 0.438. The van der Waals surface area contributed by atoms with E-state index in [4.69, 9.17) is 0 Å². The molecule has 1 heterocycles. The molecular weight excluding hydrogens is 317 g/mol. The van der Waals surface area contributed by atoms with Gasteiger partial charge in [0.25, 0.3) is 0 Å². The third-order valence-electron chi connectivity index (χ3n) is 3.43. The molecule has 0 aliphatic rings. The lowest BCUT2D eigenvalue weighted by Gasteiger charge is -2.18. The van der Waals surface area contributed by atoms with Gasteiger partial charge >= 0.3 is 0 Å². The van der Waals surface area contributed by atoms with Crippen molar-refractivity contribution in [1.82, 2.24) is 9.78 Å². The molecule has 2 rings (SSSR count). The Labute approximate surface area is 136 Å². The van der Waals surface area contributed by atoms with Crippen LogP contribution in [-0.2, 0) is 28.8 Å². The van der Waals surface area contributed by atoms with Gasteiger partial charge in [-0.1, -0.05) is 20.8 Å². The fourth-order valence-corrected chi connectivity index (χ4v) is 3.16. The van der Waals surface area contributed by atoms with E-state index in [0.29, 0.717) is 12.2 Å². The Hall–Kier alpha value is -1.89. The number of hydrogen-bond acceptors (Lipinski definition) is 4. The van der Waals surface area contributed by atoms with Crippen molar-refractivity contribution in [2.45, 2.75) is 37.6 Å². The number of nitrogens with zero attached hydrogens (tertiary/aromatic N) is 2. The number of nitrogens with one attached hydrogen (secondary N) is 1. The van der Waals surface area contributed by atoms with E-state index in [2.05, 4.69) is 31.2 Å². The molecule has 0 atom stereocenters. The van der Waals surface area contributed by atoms with Crippen molar-refractivity contribution in [3.63, 3.8) is 0 Å². The zero-order chi connectivity index (χ0) is 17.4. The molecule has 0 aliphatic carbocycles. The number of aromatic nitrogens is 2. The average Bonchev–Trinajstić information content (AvgIpc) is 2.78. The van der Waals surface area contributed by atoms with Gasteiger partial charge in [-0.3, -0.25) is 4.68 Å². The minimum absolute atomic E-state index is 0.0982. The second-order valence-corrected chi connectivity index (χ2v) is 8.68. The highest BCUT2D eigenvalue weighted by Crippen LogP contribution is 2.25. The molecule has 7 heteroatoms. The number of benzene rings is 1. The van der Waals surface area contributed by atoms with E-state index in [0.717, 1.165) is 23.6 Å². The Morgan fingerprint density at radius 1 is 1.30 bits per heavy atom. The van der Waals surface area contributed by atoms with Gasteiger partial charge < -0.3 is 5.32 Å².